The summed E-state index contributed by atoms with van der Waals surface area (Å²) in [6.45, 7) is 1.06. The zero-order chi connectivity index (χ0) is 13.7. The molecule has 1 fully saturated rings. The Balaban J connectivity index is 1.66. The summed E-state index contributed by atoms with van der Waals surface area (Å²) < 4.78 is 18.7. The number of hydrogen-bond donors (Lipinski definition) is 2. The van der Waals surface area contributed by atoms with Crippen molar-refractivity contribution < 1.29 is 13.9 Å². The highest BCUT2D eigenvalue weighted by atomic mass is 19.1. The highest BCUT2D eigenvalue weighted by Crippen LogP contribution is 2.32. The van der Waals surface area contributed by atoms with Crippen molar-refractivity contribution in [1.82, 2.24) is 0 Å². The summed E-state index contributed by atoms with van der Waals surface area (Å²) in [6.07, 6.45) is 3.90. The van der Waals surface area contributed by atoms with Gasteiger partial charge in [-0.2, -0.15) is 0 Å². The molecule has 0 unspecified atom stereocenters. The lowest BCUT2D eigenvalue weighted by molar-refractivity contribution is -0.117. The van der Waals surface area contributed by atoms with Gasteiger partial charge in [0.25, 0.3) is 0 Å². The maximum atomic E-state index is 13.4. The molecule has 0 radical (unpaired) electrons. The zero-order valence-electron chi connectivity index (χ0n) is 10.8. The third-order valence-electron chi connectivity index (χ3n) is 3.11. The maximum absolute atomic E-state index is 13.4. The van der Waals surface area contributed by atoms with Crippen molar-refractivity contribution in [3.8, 4) is 0 Å². The number of rotatable bonds is 7. The quantitative estimate of drug-likeness (QED) is 0.589. The SMILES string of the molecule is Nc1ccc(F)c(NC(=O)CCOCCC2CC2)c1. The lowest BCUT2D eigenvalue weighted by atomic mass is 10.2. The molecule has 0 aliphatic heterocycles. The number of nitrogens with one attached hydrogen (secondary N) is 1. The van der Waals surface area contributed by atoms with Gasteiger partial charge in [-0.25, -0.2) is 4.39 Å². The molecule has 1 saturated carbocycles. The van der Waals surface area contributed by atoms with Crippen LogP contribution >= 0.6 is 0 Å². The maximum Gasteiger partial charge on any atom is 0.226 e. The highest BCUT2D eigenvalue weighted by Gasteiger charge is 2.20. The Morgan fingerprint density at radius 2 is 2.21 bits per heavy atom. The van der Waals surface area contributed by atoms with E-state index < -0.39 is 5.82 Å². The fraction of sp³-hybridized carbons (Fsp3) is 0.500. The van der Waals surface area contributed by atoms with Gasteiger partial charge in [0.05, 0.1) is 18.7 Å². The number of halogens is 1. The molecular weight excluding hydrogens is 247 g/mol. The molecule has 1 aliphatic carbocycles. The molecule has 0 atom stereocenters. The Labute approximate surface area is 112 Å². The summed E-state index contributed by atoms with van der Waals surface area (Å²) in [4.78, 5) is 11.6. The fourth-order valence-corrected chi connectivity index (χ4v) is 1.77. The van der Waals surface area contributed by atoms with Gasteiger partial charge in [-0.05, 0) is 30.5 Å². The summed E-state index contributed by atoms with van der Waals surface area (Å²) in [5.74, 6) is 0.0725. The minimum atomic E-state index is -0.489. The van der Waals surface area contributed by atoms with Gasteiger partial charge in [0.2, 0.25) is 5.91 Å². The standard InChI is InChI=1S/C14H19FN2O2/c15-12-4-3-11(16)9-13(12)17-14(18)6-8-19-7-5-10-1-2-10/h3-4,9-10H,1-2,5-8,16H2,(H,17,18). The van der Waals surface area contributed by atoms with Crippen LogP contribution in [-0.4, -0.2) is 19.1 Å². The number of ether oxygens (including phenoxy) is 1. The number of nitrogen functional groups attached to an aromatic ring is 1. The molecule has 1 aromatic rings. The first kappa shape index (κ1) is 13.8. The van der Waals surface area contributed by atoms with Gasteiger partial charge < -0.3 is 15.8 Å². The Kier molecular flexibility index (Phi) is 4.74. The first-order chi connectivity index (χ1) is 9.15. The van der Waals surface area contributed by atoms with E-state index >= 15 is 0 Å². The molecule has 0 aromatic heterocycles. The molecule has 1 aromatic carbocycles. The van der Waals surface area contributed by atoms with Crippen LogP contribution in [0.2, 0.25) is 0 Å². The topological polar surface area (TPSA) is 64.3 Å². The molecule has 1 amide bonds. The van der Waals surface area contributed by atoms with Crippen LogP contribution in [-0.2, 0) is 9.53 Å². The number of carbonyl (C=O) groups excluding carboxylic acids is 1. The normalized spacial score (nSPS) is 14.4. The van der Waals surface area contributed by atoms with E-state index in [-0.39, 0.29) is 18.0 Å². The minimum absolute atomic E-state index is 0.114. The van der Waals surface area contributed by atoms with Gasteiger partial charge in [-0.3, -0.25) is 4.79 Å². The first-order valence-electron chi connectivity index (χ1n) is 6.58. The van der Waals surface area contributed by atoms with Crippen molar-refractivity contribution in [2.75, 3.05) is 24.3 Å². The monoisotopic (exact) mass is 266 g/mol. The predicted molar refractivity (Wildman–Crippen MR) is 72.2 cm³/mol. The Morgan fingerprint density at radius 1 is 1.42 bits per heavy atom. The predicted octanol–water partition coefficient (Wildman–Crippen LogP) is 2.55. The van der Waals surface area contributed by atoms with E-state index in [1.807, 2.05) is 0 Å². The number of benzene rings is 1. The van der Waals surface area contributed by atoms with Crippen LogP contribution in [0, 0.1) is 11.7 Å². The Hall–Kier alpha value is -1.62. The Morgan fingerprint density at radius 3 is 2.95 bits per heavy atom. The van der Waals surface area contributed by atoms with Crippen LogP contribution in [0.4, 0.5) is 15.8 Å². The van der Waals surface area contributed by atoms with Crippen LogP contribution in [0.3, 0.4) is 0 Å². The molecule has 1 aliphatic rings. The second kappa shape index (κ2) is 6.52. The van der Waals surface area contributed by atoms with Gasteiger partial charge >= 0.3 is 0 Å². The van der Waals surface area contributed by atoms with E-state index in [0.29, 0.717) is 18.9 Å². The first-order valence-corrected chi connectivity index (χ1v) is 6.58. The highest BCUT2D eigenvalue weighted by molar-refractivity contribution is 5.91. The van der Waals surface area contributed by atoms with Gasteiger partial charge in [-0.15, -0.1) is 0 Å². The molecule has 5 heteroatoms. The van der Waals surface area contributed by atoms with E-state index in [4.69, 9.17) is 10.5 Å². The third-order valence-corrected chi connectivity index (χ3v) is 3.11. The van der Waals surface area contributed by atoms with Gasteiger partial charge in [0.15, 0.2) is 0 Å². The molecular formula is C14H19FN2O2. The van der Waals surface area contributed by atoms with Crippen LogP contribution in [0.25, 0.3) is 0 Å². The van der Waals surface area contributed by atoms with Crippen molar-refractivity contribution in [3.63, 3.8) is 0 Å². The lowest BCUT2D eigenvalue weighted by Gasteiger charge is -2.07. The number of anilines is 2. The van der Waals surface area contributed by atoms with Crippen molar-refractivity contribution in [2.24, 2.45) is 5.92 Å². The van der Waals surface area contributed by atoms with E-state index in [1.165, 1.54) is 31.0 Å². The molecule has 0 spiro atoms. The van der Waals surface area contributed by atoms with Crippen LogP contribution < -0.4 is 11.1 Å². The molecule has 19 heavy (non-hydrogen) atoms. The van der Waals surface area contributed by atoms with Crippen molar-refractivity contribution in [3.05, 3.63) is 24.0 Å². The van der Waals surface area contributed by atoms with E-state index in [1.54, 1.807) is 0 Å². The largest absolute Gasteiger partial charge is 0.399 e. The summed E-state index contributed by atoms with van der Waals surface area (Å²) >= 11 is 0. The Bertz CT molecular complexity index is 447. The summed E-state index contributed by atoms with van der Waals surface area (Å²) in [7, 11) is 0. The second-order valence-corrected chi connectivity index (χ2v) is 4.88. The van der Waals surface area contributed by atoms with Crippen molar-refractivity contribution >= 4 is 17.3 Å². The third kappa shape index (κ3) is 4.87. The summed E-state index contributed by atoms with van der Waals surface area (Å²) in [5.41, 5.74) is 6.06. The zero-order valence-corrected chi connectivity index (χ0v) is 10.8. The fourth-order valence-electron chi connectivity index (χ4n) is 1.77. The molecule has 3 N–H and O–H groups in total. The molecule has 4 nitrogen and oxygen atoms in total. The molecule has 2 rings (SSSR count). The van der Waals surface area contributed by atoms with Gasteiger partial charge in [0, 0.05) is 12.3 Å². The number of nitrogens with two attached hydrogens (primary N) is 1. The van der Waals surface area contributed by atoms with Crippen molar-refractivity contribution in [2.45, 2.75) is 25.7 Å². The molecule has 0 bridgehead atoms. The summed E-state index contributed by atoms with van der Waals surface area (Å²) in [6, 6.07) is 4.09. The van der Waals surface area contributed by atoms with E-state index in [9.17, 15) is 9.18 Å². The van der Waals surface area contributed by atoms with Gasteiger partial charge in [0.1, 0.15) is 5.82 Å². The smallest absolute Gasteiger partial charge is 0.226 e. The number of carbonyl (C=O) groups is 1. The molecule has 0 saturated heterocycles. The van der Waals surface area contributed by atoms with Crippen molar-refractivity contribution in [1.29, 1.82) is 0 Å². The average Bonchev–Trinajstić information content (AvgIpc) is 3.17. The average molecular weight is 266 g/mol. The van der Waals surface area contributed by atoms with E-state index in [2.05, 4.69) is 5.32 Å². The lowest BCUT2D eigenvalue weighted by Crippen LogP contribution is -2.15. The van der Waals surface area contributed by atoms with Crippen LogP contribution in [0.1, 0.15) is 25.7 Å². The number of amides is 1. The summed E-state index contributed by atoms with van der Waals surface area (Å²) in [5, 5.41) is 2.49. The molecule has 0 heterocycles. The van der Waals surface area contributed by atoms with Gasteiger partial charge in [-0.1, -0.05) is 12.8 Å². The van der Waals surface area contributed by atoms with Crippen LogP contribution in [0.15, 0.2) is 18.2 Å². The minimum Gasteiger partial charge on any atom is -0.399 e. The molecule has 104 valence electrons. The second-order valence-electron chi connectivity index (χ2n) is 4.88. The van der Waals surface area contributed by atoms with Crippen LogP contribution in [0.5, 0.6) is 0 Å². The number of hydrogen-bond acceptors (Lipinski definition) is 3. The van der Waals surface area contributed by atoms with E-state index in [0.717, 1.165) is 12.3 Å².